The molecule has 0 aliphatic carbocycles. The molecule has 7 nitrogen and oxygen atoms in total. The van der Waals surface area contributed by atoms with Gasteiger partial charge >= 0.3 is 0 Å². The number of methoxy groups -OCH3 is 1. The highest BCUT2D eigenvalue weighted by Gasteiger charge is 2.15. The smallest absolute Gasteiger partial charge is 0.273 e. The molecule has 0 radical (unpaired) electrons. The van der Waals surface area contributed by atoms with Gasteiger partial charge in [0.1, 0.15) is 12.0 Å². The molecule has 0 aliphatic rings. The maximum atomic E-state index is 12.2. The van der Waals surface area contributed by atoms with Crippen molar-refractivity contribution in [2.45, 2.75) is 0 Å². The molecule has 26 heavy (non-hydrogen) atoms. The van der Waals surface area contributed by atoms with Crippen molar-refractivity contribution in [3.63, 3.8) is 0 Å². The molecule has 1 amide bonds. The van der Waals surface area contributed by atoms with Crippen LogP contribution in [0.4, 0.5) is 5.69 Å². The van der Waals surface area contributed by atoms with Crippen LogP contribution in [0.25, 0.3) is 11.5 Å². The minimum absolute atomic E-state index is 0.0966. The number of carbonyl (C=O) groups is 2. The summed E-state index contributed by atoms with van der Waals surface area (Å²) in [6, 6.07) is 13.6. The number of nitrogens with two attached hydrogens (primary N) is 1. The maximum absolute atomic E-state index is 12.2. The predicted octanol–water partition coefficient (Wildman–Crippen LogP) is 2.55. The van der Waals surface area contributed by atoms with E-state index in [-0.39, 0.29) is 18.0 Å². The first-order chi connectivity index (χ1) is 12.6. The fraction of sp³-hybridized carbons (Fsp3) is 0.105. The Morgan fingerprint density at radius 1 is 1.12 bits per heavy atom. The van der Waals surface area contributed by atoms with Crippen molar-refractivity contribution < 1.29 is 18.7 Å². The van der Waals surface area contributed by atoms with Gasteiger partial charge in [0.15, 0.2) is 11.5 Å². The van der Waals surface area contributed by atoms with Crippen LogP contribution in [0.5, 0.6) is 5.75 Å². The lowest BCUT2D eigenvalue weighted by molar-refractivity contribution is 0.0901. The second-order valence-corrected chi connectivity index (χ2v) is 5.49. The van der Waals surface area contributed by atoms with E-state index in [1.807, 2.05) is 0 Å². The van der Waals surface area contributed by atoms with E-state index in [0.717, 1.165) is 0 Å². The van der Waals surface area contributed by atoms with E-state index in [1.54, 1.807) is 55.6 Å². The summed E-state index contributed by atoms with van der Waals surface area (Å²) < 4.78 is 10.4. The molecular weight excluding hydrogens is 334 g/mol. The molecule has 2 aromatic carbocycles. The summed E-state index contributed by atoms with van der Waals surface area (Å²) in [5.74, 6) is 0.251. The van der Waals surface area contributed by atoms with Crippen LogP contribution in [-0.4, -0.2) is 30.3 Å². The fourth-order valence-corrected chi connectivity index (χ4v) is 2.27. The highest BCUT2D eigenvalue weighted by atomic mass is 16.5. The van der Waals surface area contributed by atoms with Gasteiger partial charge in [-0.15, -0.1) is 0 Å². The van der Waals surface area contributed by atoms with Gasteiger partial charge in [0.2, 0.25) is 5.89 Å². The molecule has 3 N–H and O–H groups in total. The molecule has 132 valence electrons. The Hall–Kier alpha value is -3.61. The summed E-state index contributed by atoms with van der Waals surface area (Å²) in [6.45, 7) is -0.144. The van der Waals surface area contributed by atoms with Crippen molar-refractivity contribution in [2.24, 2.45) is 0 Å². The number of nitrogens with one attached hydrogen (secondary N) is 1. The summed E-state index contributed by atoms with van der Waals surface area (Å²) in [5.41, 5.74) is 7.54. The van der Waals surface area contributed by atoms with Crippen molar-refractivity contribution in [1.82, 2.24) is 10.3 Å². The SMILES string of the molecule is COc1ccc(C(=O)CNC(=O)c2coc(-c3ccc(N)cc3)n2)cc1. The van der Waals surface area contributed by atoms with Gasteiger partial charge in [-0.1, -0.05) is 0 Å². The molecule has 0 unspecified atom stereocenters. The van der Waals surface area contributed by atoms with Gasteiger partial charge in [-0.3, -0.25) is 9.59 Å². The fourth-order valence-electron chi connectivity index (χ4n) is 2.27. The second kappa shape index (κ2) is 7.52. The van der Waals surface area contributed by atoms with Gasteiger partial charge in [0.25, 0.3) is 5.91 Å². The number of ether oxygens (including phenoxy) is 1. The zero-order valence-electron chi connectivity index (χ0n) is 14.1. The van der Waals surface area contributed by atoms with Crippen LogP contribution in [0.1, 0.15) is 20.8 Å². The molecule has 0 atom stereocenters. The van der Waals surface area contributed by atoms with Crippen molar-refractivity contribution in [1.29, 1.82) is 0 Å². The Bertz CT molecular complexity index is 915. The topological polar surface area (TPSA) is 107 Å². The largest absolute Gasteiger partial charge is 0.497 e. The Labute approximate surface area is 149 Å². The Morgan fingerprint density at radius 2 is 1.81 bits per heavy atom. The summed E-state index contributed by atoms with van der Waals surface area (Å²) in [5, 5.41) is 2.54. The van der Waals surface area contributed by atoms with Crippen LogP contribution >= 0.6 is 0 Å². The highest BCUT2D eigenvalue weighted by Crippen LogP contribution is 2.19. The first-order valence-corrected chi connectivity index (χ1v) is 7.83. The van der Waals surface area contributed by atoms with Gasteiger partial charge in [-0.2, -0.15) is 0 Å². The third-order valence-corrected chi connectivity index (χ3v) is 3.72. The molecule has 1 aromatic heterocycles. The van der Waals surface area contributed by atoms with Crippen molar-refractivity contribution in [3.8, 4) is 17.2 Å². The maximum Gasteiger partial charge on any atom is 0.273 e. The van der Waals surface area contributed by atoms with E-state index in [4.69, 9.17) is 14.9 Å². The van der Waals surface area contributed by atoms with Crippen LogP contribution in [0, 0.1) is 0 Å². The zero-order valence-corrected chi connectivity index (χ0v) is 14.1. The number of aromatic nitrogens is 1. The van der Waals surface area contributed by atoms with E-state index in [2.05, 4.69) is 10.3 Å². The normalized spacial score (nSPS) is 10.3. The van der Waals surface area contributed by atoms with E-state index < -0.39 is 5.91 Å². The molecule has 0 fully saturated rings. The molecule has 0 aliphatic heterocycles. The molecule has 7 heteroatoms. The number of nitrogens with zero attached hydrogens (tertiary/aromatic N) is 1. The number of ketones is 1. The molecular formula is C19H17N3O4. The van der Waals surface area contributed by atoms with Gasteiger partial charge < -0.3 is 20.2 Å². The lowest BCUT2D eigenvalue weighted by atomic mass is 10.1. The van der Waals surface area contributed by atoms with Crippen LogP contribution < -0.4 is 15.8 Å². The van der Waals surface area contributed by atoms with Crippen LogP contribution in [0.3, 0.4) is 0 Å². The number of nitrogen functional groups attached to an aromatic ring is 1. The monoisotopic (exact) mass is 351 g/mol. The number of anilines is 1. The number of hydrogen-bond acceptors (Lipinski definition) is 6. The predicted molar refractivity (Wildman–Crippen MR) is 96.0 cm³/mol. The summed E-state index contributed by atoms with van der Waals surface area (Å²) in [6.07, 6.45) is 1.25. The lowest BCUT2D eigenvalue weighted by Crippen LogP contribution is -2.29. The molecule has 0 spiro atoms. The first kappa shape index (κ1) is 17.2. The van der Waals surface area contributed by atoms with Gasteiger partial charge in [-0.05, 0) is 48.5 Å². The molecule has 0 saturated heterocycles. The molecule has 1 heterocycles. The van der Waals surface area contributed by atoms with Crippen molar-refractivity contribution in [2.75, 3.05) is 19.4 Å². The summed E-state index contributed by atoms with van der Waals surface area (Å²) >= 11 is 0. The number of amides is 1. The summed E-state index contributed by atoms with van der Waals surface area (Å²) in [7, 11) is 1.55. The Morgan fingerprint density at radius 3 is 2.46 bits per heavy atom. The average molecular weight is 351 g/mol. The zero-order chi connectivity index (χ0) is 18.5. The number of rotatable bonds is 6. The molecule has 0 bridgehead atoms. The Balaban J connectivity index is 1.61. The van der Waals surface area contributed by atoms with Crippen molar-refractivity contribution in [3.05, 3.63) is 66.1 Å². The van der Waals surface area contributed by atoms with Crippen LogP contribution in [0.2, 0.25) is 0 Å². The molecule has 0 saturated carbocycles. The van der Waals surface area contributed by atoms with Crippen molar-refractivity contribution >= 4 is 17.4 Å². The average Bonchev–Trinajstić information content (AvgIpc) is 3.16. The van der Waals surface area contributed by atoms with E-state index in [0.29, 0.717) is 28.5 Å². The number of Topliss-reactive ketones (excluding diaryl/α,β-unsaturated/α-hetero) is 1. The van der Waals surface area contributed by atoms with Gasteiger partial charge in [-0.25, -0.2) is 4.98 Å². The Kier molecular flexibility index (Phi) is 4.98. The second-order valence-electron chi connectivity index (χ2n) is 5.49. The minimum Gasteiger partial charge on any atom is -0.497 e. The summed E-state index contributed by atoms with van der Waals surface area (Å²) in [4.78, 5) is 28.4. The third kappa shape index (κ3) is 3.89. The number of oxazole rings is 1. The van der Waals surface area contributed by atoms with Gasteiger partial charge in [0.05, 0.1) is 13.7 Å². The quantitative estimate of drug-likeness (QED) is 0.522. The van der Waals surface area contributed by atoms with Crippen LogP contribution in [-0.2, 0) is 0 Å². The lowest BCUT2D eigenvalue weighted by Gasteiger charge is -2.04. The van der Waals surface area contributed by atoms with E-state index >= 15 is 0 Å². The highest BCUT2D eigenvalue weighted by molar-refractivity contribution is 6.01. The third-order valence-electron chi connectivity index (χ3n) is 3.72. The van der Waals surface area contributed by atoms with Gasteiger partial charge in [0, 0.05) is 16.8 Å². The number of carbonyl (C=O) groups excluding carboxylic acids is 2. The number of hydrogen-bond donors (Lipinski definition) is 2. The standard InChI is InChI=1S/C19H17N3O4/c1-25-15-8-4-12(5-9-15)17(23)10-21-18(24)16-11-26-19(22-16)13-2-6-14(20)7-3-13/h2-9,11H,10,20H2,1H3,(H,21,24). The van der Waals surface area contributed by atoms with E-state index in [1.165, 1.54) is 6.26 Å². The van der Waals surface area contributed by atoms with E-state index in [9.17, 15) is 9.59 Å². The first-order valence-electron chi connectivity index (χ1n) is 7.83. The molecule has 3 aromatic rings. The van der Waals surface area contributed by atoms with Crippen LogP contribution in [0.15, 0.2) is 59.2 Å². The number of benzene rings is 2. The minimum atomic E-state index is -0.489. The molecule has 3 rings (SSSR count).